The molecule has 4 aliphatic heterocycles. The average molecular weight is 1950 g/mol. The molecule has 0 bridgehead atoms. The van der Waals surface area contributed by atoms with Crippen LogP contribution in [-0.2, 0) is 72.1 Å². The zero-order valence-electron chi connectivity index (χ0n) is 72.1. The second kappa shape index (κ2) is 40.8. The summed E-state index contributed by atoms with van der Waals surface area (Å²) in [6.45, 7) is 39.1. The first-order valence-corrected chi connectivity index (χ1v) is 47.6. The van der Waals surface area contributed by atoms with E-state index in [2.05, 4.69) is 43.7 Å². The van der Waals surface area contributed by atoms with E-state index in [1.54, 1.807) is 43.9 Å². The Morgan fingerprint density at radius 2 is 0.750 bits per heavy atom. The maximum atomic E-state index is 13.7. The van der Waals surface area contributed by atoms with Crippen LogP contribution in [0.2, 0.25) is 0 Å². The molecule has 4 aliphatic rings. The Kier molecular flexibility index (Phi) is 32.0. The van der Waals surface area contributed by atoms with E-state index in [0.717, 1.165) is 92.8 Å². The number of hydrogen-bond donors (Lipinski definition) is 4. The lowest BCUT2D eigenvalue weighted by Gasteiger charge is -2.35. The summed E-state index contributed by atoms with van der Waals surface area (Å²) in [6, 6.07) is 17.9. The summed E-state index contributed by atoms with van der Waals surface area (Å²) in [7, 11) is 0. The monoisotopic (exact) mass is 1940 g/mol. The second-order valence-electron chi connectivity index (χ2n) is 34.0. The molecule has 4 aromatic carbocycles. The van der Waals surface area contributed by atoms with Crippen LogP contribution in [0.15, 0.2) is 98.1 Å². The summed E-state index contributed by atoms with van der Waals surface area (Å²) in [5.41, 5.74) is 20.8. The van der Waals surface area contributed by atoms with Crippen molar-refractivity contribution in [2.75, 3.05) is 41.1 Å². The van der Waals surface area contributed by atoms with E-state index in [9.17, 15) is 51.1 Å². The number of ether oxygens (including phenoxy) is 4. The Morgan fingerprint density at radius 3 is 1.09 bits per heavy atom. The minimum Gasteiger partial charge on any atom is -0.444 e. The lowest BCUT2D eigenvalue weighted by molar-refractivity contribution is -0.112. The molecular weight excluding hydrogens is 1840 g/mol. The third kappa shape index (κ3) is 23.7. The number of amides is 6. The second-order valence-corrected chi connectivity index (χ2v) is 43.3. The zero-order valence-corrected chi connectivity index (χ0v) is 80.2. The van der Waals surface area contributed by atoms with E-state index in [1.165, 1.54) is 151 Å². The smallest absolute Gasteiger partial charge is 0.410 e. The Morgan fingerprint density at radius 1 is 0.453 bits per heavy atom. The summed E-state index contributed by atoms with van der Waals surface area (Å²) < 4.78 is 80.3. The number of nitrogens with two attached hydrogens (primary N) is 2. The van der Waals surface area contributed by atoms with Gasteiger partial charge in [0.05, 0.1) is 76.0 Å². The maximum Gasteiger partial charge on any atom is 0.410 e. The topological polar surface area (TPSA) is 297 Å². The SMILES string of the molecule is C.C.C=CC(=O)Nc1sc2c(c1-c1nc3cc(F)ccc3s1)CC(C)N(C(=O)OC(C)(C)C)C2.C=CC(=O)Nc1sc2c(c1-c1nc3cc(F)ccc3s1)CCN(C(=O)OC(C)(C)C)C2C.CC1Cc2c(sc(N)c2-c2nc3cc(F)ccc3s2)CN1C(=O)OC(C)(C)C.CC1c2sc(N)c(-c3nc4cc(F)ccc4s3)c2CCN1C(=O)OC(C)(C)C.O=C(Cl)CCCl. The number of aromatic nitrogens is 4. The van der Waals surface area contributed by atoms with Gasteiger partial charge in [0.2, 0.25) is 17.1 Å². The van der Waals surface area contributed by atoms with Gasteiger partial charge in [0.25, 0.3) is 0 Å². The van der Waals surface area contributed by atoms with Gasteiger partial charge in [0.15, 0.2) is 0 Å². The number of nitrogens with one attached hydrogen (secondary N) is 2. The van der Waals surface area contributed by atoms with Crippen LogP contribution in [-0.4, -0.2) is 134 Å². The first kappa shape index (κ1) is 100. The molecule has 16 rings (SSSR count). The van der Waals surface area contributed by atoms with Crippen LogP contribution in [0, 0.1) is 23.3 Å². The van der Waals surface area contributed by atoms with Crippen LogP contribution < -0.4 is 22.1 Å². The van der Waals surface area contributed by atoms with Gasteiger partial charge in [-0.3, -0.25) is 14.4 Å². The van der Waals surface area contributed by atoms with Gasteiger partial charge in [-0.2, -0.15) is 0 Å². The fourth-order valence-electron chi connectivity index (χ4n) is 14.3. The number of alkyl halides is 1. The standard InChI is InChI=1S/2C23H24FN3O3S2.2C20H22FN3O2S2.C3H4Cl2O.2CH4/c1-6-18(28)26-21-19(20-25-15-10-13(24)7-8-16(15)31-20)14-9-12(2)27(11-17(14)32-21)22(29)30-23(3,4)5;1-6-17(28)26-21-18(20-25-15-11-13(24)7-8-16(15)31-20)14-9-10-27(12(2)19(14)32-21)22(29)30-23(3,4)5;1-10-7-12-15(9-24(10)19(25)26-20(2,3)4)27-17(22)16(12)18-23-13-8-11(21)5-6-14(13)28-18;1-10-16-12(7-8-24(10)19(25)26-20(2,3)4)15(17(22)28-16)18-23-13-9-11(21)5-6-14(13)27-18;4-2-1-3(5)6;;/h6-8,10,12H,1,9,11H2,2-5H3,(H,26,28);6-8,11-12H,1,9-10H2,2-5H3,(H,26,28);5-6,8,10H,7,9,22H2,1-4H3;5-6,9-10H,7-8,22H2,1-4H3;1-2H2;2*1H4. The van der Waals surface area contributed by atoms with Crippen LogP contribution in [0.3, 0.4) is 0 Å². The van der Waals surface area contributed by atoms with E-state index < -0.39 is 22.4 Å². The van der Waals surface area contributed by atoms with Crippen molar-refractivity contribution in [1.82, 2.24) is 39.5 Å². The van der Waals surface area contributed by atoms with Crippen molar-refractivity contribution < 1.29 is 70.1 Å². The molecule has 6 amide bonds. The minimum atomic E-state index is -0.586. The number of carbonyl (C=O) groups excluding carboxylic acids is 7. The number of thiophene rings is 4. The highest BCUT2D eigenvalue weighted by molar-refractivity contribution is 7.24. The number of carbonyl (C=O) groups is 7. The average Bonchev–Trinajstić information content (AvgIpc) is 1.61. The van der Waals surface area contributed by atoms with E-state index in [-0.39, 0.29) is 110 Å². The number of nitrogen functional groups attached to an aromatic ring is 2. The van der Waals surface area contributed by atoms with Gasteiger partial charge in [-0.1, -0.05) is 28.0 Å². The number of anilines is 4. The number of rotatable bonds is 10. The van der Waals surface area contributed by atoms with Crippen molar-refractivity contribution in [2.45, 2.75) is 217 Å². The van der Waals surface area contributed by atoms with Crippen molar-refractivity contribution >= 4 is 216 Å². The molecule has 8 aromatic heterocycles. The Bertz CT molecular complexity index is 6150. The molecule has 0 spiro atoms. The molecule has 37 heteroatoms. The highest BCUT2D eigenvalue weighted by Crippen LogP contribution is 2.53. The van der Waals surface area contributed by atoms with Crippen LogP contribution in [0.25, 0.3) is 83.2 Å². The number of hydrogen-bond acceptors (Lipinski definition) is 25. The molecule has 0 saturated heterocycles. The van der Waals surface area contributed by atoms with Gasteiger partial charge in [0.1, 0.15) is 75.7 Å². The van der Waals surface area contributed by atoms with Crippen LogP contribution >= 0.6 is 114 Å². The molecule has 0 radical (unpaired) electrons. The quantitative estimate of drug-likeness (QED) is 0.0325. The first-order valence-electron chi connectivity index (χ1n) is 40.1. The highest BCUT2D eigenvalue weighted by Gasteiger charge is 2.41. The third-order valence-electron chi connectivity index (χ3n) is 19.8. The molecule has 684 valence electrons. The lowest BCUT2D eigenvalue weighted by Crippen LogP contribution is -2.44. The van der Waals surface area contributed by atoms with Gasteiger partial charge < -0.3 is 60.6 Å². The normalized spacial score (nSPS) is 15.9. The number of fused-ring (bicyclic) bond motifs is 8. The largest absolute Gasteiger partial charge is 0.444 e. The van der Waals surface area contributed by atoms with E-state index in [1.807, 2.05) is 111 Å². The molecule has 0 fully saturated rings. The number of thiazole rings is 4. The molecule has 128 heavy (non-hydrogen) atoms. The Labute approximate surface area is 783 Å². The Hall–Kier alpha value is -9.69. The van der Waals surface area contributed by atoms with Gasteiger partial charge in [-0.05, 0) is 231 Å². The van der Waals surface area contributed by atoms with Crippen molar-refractivity contribution in [1.29, 1.82) is 0 Å². The summed E-state index contributed by atoms with van der Waals surface area (Å²) in [4.78, 5) is 114. The summed E-state index contributed by atoms with van der Waals surface area (Å²) in [5, 5.41) is 11.1. The number of nitrogens with zero attached hydrogens (tertiary/aromatic N) is 8. The number of benzene rings is 4. The predicted molar refractivity (Wildman–Crippen MR) is 518 cm³/mol. The van der Waals surface area contributed by atoms with Gasteiger partial charge >= 0.3 is 24.4 Å². The molecular formula is C91H104Cl2F4N12O11S8. The highest BCUT2D eigenvalue weighted by atomic mass is 35.5. The van der Waals surface area contributed by atoms with E-state index in [0.29, 0.717) is 110 Å². The predicted octanol–water partition coefficient (Wildman–Crippen LogP) is 25.8. The molecule has 0 aliphatic carbocycles. The molecule has 23 nitrogen and oxygen atoms in total. The summed E-state index contributed by atoms with van der Waals surface area (Å²) >= 11 is 21.7. The van der Waals surface area contributed by atoms with Gasteiger partial charge in [-0.15, -0.1) is 102 Å². The molecule has 12 heterocycles. The first-order chi connectivity index (χ1) is 59.1. The molecule has 0 saturated carbocycles. The Balaban J connectivity index is 0.000000173. The summed E-state index contributed by atoms with van der Waals surface area (Å²) in [6.07, 6.45) is 3.91. The van der Waals surface area contributed by atoms with Crippen LogP contribution in [0.1, 0.15) is 186 Å². The summed E-state index contributed by atoms with van der Waals surface area (Å²) in [5.74, 6) is -1.62. The third-order valence-corrected chi connectivity index (χ3v) is 29.1. The van der Waals surface area contributed by atoms with E-state index >= 15 is 0 Å². The molecule has 4 atom stereocenters. The maximum absolute atomic E-state index is 13.7. The van der Waals surface area contributed by atoms with Crippen molar-refractivity contribution in [2.24, 2.45) is 0 Å². The molecule has 6 N–H and O–H groups in total. The zero-order chi connectivity index (χ0) is 91.8. The van der Waals surface area contributed by atoms with E-state index in [4.69, 9.17) is 53.6 Å². The van der Waals surface area contributed by atoms with Crippen LogP contribution in [0.5, 0.6) is 0 Å². The fraction of sp³-hybridized carbons (Fsp3) is 0.396. The van der Waals surface area contributed by atoms with Crippen molar-refractivity contribution in [3.8, 4) is 42.3 Å². The molecule has 12 aromatic rings. The van der Waals surface area contributed by atoms with Gasteiger partial charge in [0, 0.05) is 104 Å². The van der Waals surface area contributed by atoms with Crippen molar-refractivity contribution in [3.05, 3.63) is 163 Å². The van der Waals surface area contributed by atoms with Gasteiger partial charge in [-0.25, -0.2) is 56.7 Å². The lowest BCUT2D eigenvalue weighted by atomic mass is 9.97. The van der Waals surface area contributed by atoms with Crippen LogP contribution in [0.4, 0.5) is 56.7 Å². The number of halogens is 6. The minimum absolute atomic E-state index is 0. The fourth-order valence-corrected chi connectivity index (χ4v) is 23.8. The molecule has 4 unspecified atom stereocenters. The van der Waals surface area contributed by atoms with Crippen molar-refractivity contribution in [3.63, 3.8) is 0 Å².